The van der Waals surface area contributed by atoms with E-state index in [9.17, 15) is 14.7 Å². The summed E-state index contributed by atoms with van der Waals surface area (Å²) in [6.07, 6.45) is 6.14. The lowest BCUT2D eigenvalue weighted by Gasteiger charge is -2.22. The third kappa shape index (κ3) is 8.14. The van der Waals surface area contributed by atoms with Gasteiger partial charge in [-0.25, -0.2) is 9.97 Å². The smallest absolute Gasteiger partial charge is 0.317 e. The molecule has 0 amide bonds. The highest BCUT2D eigenvalue weighted by Gasteiger charge is 2.35. The van der Waals surface area contributed by atoms with Crippen LogP contribution in [-0.4, -0.2) is 43.6 Å². The number of hydrogen-bond donors (Lipinski definition) is 1. The number of ether oxygens (including phenoxy) is 1. The molecule has 0 radical (unpaired) electrons. The third-order valence-electron chi connectivity index (χ3n) is 6.82. The van der Waals surface area contributed by atoms with Crippen LogP contribution >= 0.6 is 0 Å². The molecule has 4 aromatic rings. The first-order chi connectivity index (χ1) is 20.9. The fourth-order valence-corrected chi connectivity index (χ4v) is 3.96. The van der Waals surface area contributed by atoms with Crippen LogP contribution in [0, 0.1) is 37.5 Å². The van der Waals surface area contributed by atoms with Gasteiger partial charge in [0, 0.05) is 35.9 Å². The fraction of sp³-hybridized carbons (Fsp3) is 0.278. The molecule has 0 aliphatic rings. The van der Waals surface area contributed by atoms with Crippen molar-refractivity contribution in [2.24, 2.45) is 0 Å². The Kier molecular flexibility index (Phi) is 11.1. The van der Waals surface area contributed by atoms with Crippen LogP contribution in [-0.2, 0) is 25.2 Å². The highest BCUT2D eigenvalue weighted by atomic mass is 16.5. The number of aliphatic carboxylic acids is 1. The van der Waals surface area contributed by atoms with Crippen LogP contribution in [0.3, 0.4) is 0 Å². The molecule has 0 aliphatic carbocycles. The second-order valence-electron chi connectivity index (χ2n) is 10.9. The number of carbonyl (C=O) groups is 2. The van der Waals surface area contributed by atoms with Crippen LogP contribution < -0.4 is 0 Å². The zero-order chi connectivity index (χ0) is 32.3. The molecular formula is C36H36N4O4. The molecule has 224 valence electrons. The van der Waals surface area contributed by atoms with Gasteiger partial charge in [0.1, 0.15) is 22.2 Å². The van der Waals surface area contributed by atoms with Crippen molar-refractivity contribution in [2.45, 2.75) is 59.3 Å². The van der Waals surface area contributed by atoms with Gasteiger partial charge in [0.25, 0.3) is 0 Å². The average Bonchev–Trinajstić information content (AvgIpc) is 3.01. The minimum atomic E-state index is -1.13. The van der Waals surface area contributed by atoms with Crippen molar-refractivity contribution >= 4 is 11.9 Å². The van der Waals surface area contributed by atoms with E-state index < -0.39 is 16.8 Å². The second-order valence-corrected chi connectivity index (χ2v) is 10.9. The van der Waals surface area contributed by atoms with Crippen LogP contribution in [0.25, 0.3) is 0 Å². The van der Waals surface area contributed by atoms with Gasteiger partial charge in [-0.15, -0.1) is 0 Å². The molecule has 1 N–H and O–H groups in total. The highest BCUT2D eigenvalue weighted by Crippen LogP contribution is 2.25. The van der Waals surface area contributed by atoms with Crippen molar-refractivity contribution in [1.29, 1.82) is 0 Å². The molecule has 0 bridgehead atoms. The Morgan fingerprint density at radius 2 is 1.09 bits per heavy atom. The van der Waals surface area contributed by atoms with Crippen molar-refractivity contribution in [1.82, 2.24) is 19.9 Å². The summed E-state index contributed by atoms with van der Waals surface area (Å²) in [5.41, 5.74) is 3.73. The quantitative estimate of drug-likeness (QED) is 0.238. The fourth-order valence-electron chi connectivity index (χ4n) is 3.96. The predicted molar refractivity (Wildman–Crippen MR) is 169 cm³/mol. The Hall–Kier alpha value is -5.34. The molecule has 0 saturated carbocycles. The van der Waals surface area contributed by atoms with Gasteiger partial charge in [0.15, 0.2) is 0 Å². The zero-order valence-electron chi connectivity index (χ0n) is 26.1. The normalized spacial score (nSPS) is 10.6. The van der Waals surface area contributed by atoms with E-state index in [1.807, 2.05) is 62.4 Å². The van der Waals surface area contributed by atoms with Crippen molar-refractivity contribution in [3.63, 3.8) is 0 Å². The lowest BCUT2D eigenvalue weighted by Crippen LogP contribution is -2.33. The van der Waals surface area contributed by atoms with Crippen LogP contribution in [0.5, 0.6) is 0 Å². The molecule has 0 fully saturated rings. The summed E-state index contributed by atoms with van der Waals surface area (Å²) in [4.78, 5) is 40.5. The lowest BCUT2D eigenvalue weighted by atomic mass is 9.87. The van der Waals surface area contributed by atoms with E-state index >= 15 is 0 Å². The number of rotatable bonds is 5. The molecule has 0 atom stereocenters. The minimum Gasteiger partial charge on any atom is -0.481 e. The van der Waals surface area contributed by atoms with E-state index in [1.165, 1.54) is 12.4 Å². The molecule has 2 aromatic carbocycles. The Balaban J connectivity index is 0.000000241. The summed E-state index contributed by atoms with van der Waals surface area (Å²) in [6.45, 7) is 12.8. The first-order valence-corrected chi connectivity index (χ1v) is 14.1. The maximum absolute atomic E-state index is 12.2. The van der Waals surface area contributed by atoms with Gasteiger partial charge in [-0.05, 0) is 83.6 Å². The monoisotopic (exact) mass is 588 g/mol. The zero-order valence-corrected chi connectivity index (χ0v) is 26.1. The maximum Gasteiger partial charge on any atom is 0.317 e. The standard InChI is InChI=1S/C19H20N2O2.C17H16N2O2/c1-5-23-18(22)19(3,4)17-16(20-12-13-21-17)11-10-15-9-7-6-8-14(15)2;1-12-6-4-5-7-13(12)8-9-14-15(19-11-10-18-14)17(2,3)16(20)21/h6-9,12-13H,5H2,1-4H3;4-7,10-11H,1-3H3,(H,20,21). The van der Waals surface area contributed by atoms with Gasteiger partial charge in [0.05, 0.1) is 18.0 Å². The Morgan fingerprint density at radius 3 is 1.50 bits per heavy atom. The number of carbonyl (C=O) groups excluding carboxylic acids is 1. The van der Waals surface area contributed by atoms with Crippen LogP contribution in [0.4, 0.5) is 0 Å². The van der Waals surface area contributed by atoms with E-state index in [2.05, 4.69) is 43.6 Å². The highest BCUT2D eigenvalue weighted by molar-refractivity contribution is 5.82. The number of benzene rings is 2. The van der Waals surface area contributed by atoms with E-state index in [0.29, 0.717) is 29.4 Å². The lowest BCUT2D eigenvalue weighted by molar-refractivity contribution is -0.149. The molecule has 0 aliphatic heterocycles. The van der Waals surface area contributed by atoms with Gasteiger partial charge in [-0.2, -0.15) is 0 Å². The first kappa shape index (κ1) is 33.2. The van der Waals surface area contributed by atoms with Crippen LogP contribution in [0.15, 0.2) is 73.3 Å². The molecule has 0 spiro atoms. The van der Waals surface area contributed by atoms with Crippen molar-refractivity contribution in [3.05, 3.63) is 118 Å². The van der Waals surface area contributed by atoms with Gasteiger partial charge < -0.3 is 9.84 Å². The summed E-state index contributed by atoms with van der Waals surface area (Å²) >= 11 is 0. The van der Waals surface area contributed by atoms with E-state index in [4.69, 9.17) is 4.74 Å². The Bertz CT molecular complexity index is 1770. The largest absolute Gasteiger partial charge is 0.481 e. The summed E-state index contributed by atoms with van der Waals surface area (Å²) < 4.78 is 5.14. The van der Waals surface area contributed by atoms with Gasteiger partial charge in [-0.3, -0.25) is 19.6 Å². The first-order valence-electron chi connectivity index (χ1n) is 14.1. The molecule has 2 heterocycles. The SMILES string of the molecule is CCOC(=O)C(C)(C)c1nccnc1C#Cc1ccccc1C.Cc1ccccc1C#Cc1nccnc1C(C)(C)C(=O)O. The average molecular weight is 589 g/mol. The minimum absolute atomic E-state index is 0.326. The number of nitrogens with zero attached hydrogens (tertiary/aromatic N) is 4. The molecule has 8 heteroatoms. The summed E-state index contributed by atoms with van der Waals surface area (Å²) in [5.74, 6) is 10.8. The van der Waals surface area contributed by atoms with E-state index in [-0.39, 0.29) is 5.97 Å². The maximum atomic E-state index is 12.2. The number of hydrogen-bond acceptors (Lipinski definition) is 7. The van der Waals surface area contributed by atoms with Crippen molar-refractivity contribution < 1.29 is 19.4 Å². The Morgan fingerprint density at radius 1 is 0.682 bits per heavy atom. The number of carboxylic acid groups (broad SMARTS) is 1. The number of aryl methyl sites for hydroxylation is 2. The third-order valence-corrected chi connectivity index (χ3v) is 6.82. The summed E-state index contributed by atoms with van der Waals surface area (Å²) in [7, 11) is 0. The summed E-state index contributed by atoms with van der Waals surface area (Å²) in [5, 5.41) is 9.33. The van der Waals surface area contributed by atoms with Crippen molar-refractivity contribution in [3.8, 4) is 23.7 Å². The molecular weight excluding hydrogens is 552 g/mol. The van der Waals surface area contributed by atoms with Gasteiger partial charge >= 0.3 is 11.9 Å². The van der Waals surface area contributed by atoms with Crippen LogP contribution in [0.2, 0.25) is 0 Å². The van der Waals surface area contributed by atoms with E-state index in [1.54, 1.807) is 47.0 Å². The molecule has 8 nitrogen and oxygen atoms in total. The number of aromatic nitrogens is 4. The van der Waals surface area contributed by atoms with Crippen molar-refractivity contribution in [2.75, 3.05) is 6.61 Å². The van der Waals surface area contributed by atoms with E-state index in [0.717, 1.165) is 22.3 Å². The van der Waals surface area contributed by atoms with Gasteiger partial charge in [-0.1, -0.05) is 48.2 Å². The van der Waals surface area contributed by atoms with Crippen LogP contribution in [0.1, 0.15) is 79.6 Å². The number of carboxylic acids is 1. The topological polar surface area (TPSA) is 115 Å². The summed E-state index contributed by atoms with van der Waals surface area (Å²) in [6, 6.07) is 15.6. The number of esters is 1. The van der Waals surface area contributed by atoms with Gasteiger partial charge in [0.2, 0.25) is 0 Å². The second kappa shape index (κ2) is 14.7. The molecule has 4 rings (SSSR count). The molecule has 2 aromatic heterocycles. The molecule has 0 unspecified atom stereocenters. The Labute approximate surface area is 259 Å². The predicted octanol–water partition coefficient (Wildman–Crippen LogP) is 5.57. The molecule has 0 saturated heterocycles. The molecule has 44 heavy (non-hydrogen) atoms.